The topological polar surface area (TPSA) is 57.2 Å². The van der Waals surface area contributed by atoms with Crippen LogP contribution in [0.15, 0.2) is 35.4 Å². The van der Waals surface area contributed by atoms with Crippen molar-refractivity contribution in [1.82, 2.24) is 0 Å². The van der Waals surface area contributed by atoms with Gasteiger partial charge in [0.1, 0.15) is 11.4 Å². The van der Waals surface area contributed by atoms with Crippen LogP contribution >= 0.6 is 11.6 Å². The van der Waals surface area contributed by atoms with E-state index in [-0.39, 0.29) is 17.9 Å². The van der Waals surface area contributed by atoms with E-state index in [1.165, 1.54) is 5.56 Å². The number of hydrogen-bond acceptors (Lipinski definition) is 5. The van der Waals surface area contributed by atoms with Crippen molar-refractivity contribution in [2.75, 3.05) is 34.0 Å². The van der Waals surface area contributed by atoms with Gasteiger partial charge in [-0.3, -0.25) is 0 Å². The van der Waals surface area contributed by atoms with Gasteiger partial charge in [0.2, 0.25) is 0 Å². The standard InChI is InChI=1S/C25H39ClO5/c1-6-23(26)20(13-19-8-10-22(11-9-19)30-7-2)12-18(3)24-14-21(27)15-25(31-24,16-28-4)17-29-5/h6,8-11,18,20-21,24,27H,7,12-17H2,1-5H3/b23-6+/t18?,20?,21-,24-/m1/s1. The summed E-state index contributed by atoms with van der Waals surface area (Å²) >= 11 is 6.64. The third-order valence-corrected chi connectivity index (χ3v) is 6.53. The maximum atomic E-state index is 10.6. The molecule has 2 unspecified atom stereocenters. The van der Waals surface area contributed by atoms with Crippen molar-refractivity contribution in [3.8, 4) is 5.75 Å². The normalized spacial score (nSPS) is 23.4. The van der Waals surface area contributed by atoms with Crippen LogP contribution in [0.5, 0.6) is 5.75 Å². The van der Waals surface area contributed by atoms with Crippen LogP contribution < -0.4 is 4.74 Å². The van der Waals surface area contributed by atoms with Crippen molar-refractivity contribution in [3.63, 3.8) is 0 Å². The van der Waals surface area contributed by atoms with Gasteiger partial charge in [-0.2, -0.15) is 0 Å². The molecule has 1 aliphatic rings. The molecule has 1 aliphatic heterocycles. The van der Waals surface area contributed by atoms with Gasteiger partial charge >= 0.3 is 0 Å². The van der Waals surface area contributed by atoms with Crippen molar-refractivity contribution in [2.24, 2.45) is 11.8 Å². The first-order valence-corrected chi connectivity index (χ1v) is 11.6. The van der Waals surface area contributed by atoms with E-state index in [2.05, 4.69) is 19.1 Å². The molecular formula is C25H39ClO5. The summed E-state index contributed by atoms with van der Waals surface area (Å²) in [6.45, 7) is 7.58. The largest absolute Gasteiger partial charge is 0.494 e. The number of ether oxygens (including phenoxy) is 4. The van der Waals surface area contributed by atoms with Crippen molar-refractivity contribution >= 4 is 11.6 Å². The van der Waals surface area contributed by atoms with Crippen LogP contribution in [-0.4, -0.2) is 57.0 Å². The van der Waals surface area contributed by atoms with Gasteiger partial charge in [-0.05, 0) is 62.6 Å². The minimum atomic E-state index is -0.616. The molecule has 1 heterocycles. The van der Waals surface area contributed by atoms with Crippen molar-refractivity contribution in [1.29, 1.82) is 0 Å². The third-order valence-electron chi connectivity index (χ3n) is 6.00. The maximum Gasteiger partial charge on any atom is 0.119 e. The van der Waals surface area contributed by atoms with Gasteiger partial charge < -0.3 is 24.1 Å². The van der Waals surface area contributed by atoms with Gasteiger partial charge in [-0.1, -0.05) is 36.7 Å². The summed E-state index contributed by atoms with van der Waals surface area (Å²) < 4.78 is 22.9. The Morgan fingerprint density at radius 3 is 2.45 bits per heavy atom. The Hall–Kier alpha value is -1.11. The molecule has 0 aromatic heterocycles. The Bertz CT molecular complexity index is 669. The fraction of sp³-hybridized carbons (Fsp3) is 0.680. The van der Waals surface area contributed by atoms with Gasteiger partial charge in [-0.15, -0.1) is 0 Å². The van der Waals surface area contributed by atoms with E-state index >= 15 is 0 Å². The monoisotopic (exact) mass is 454 g/mol. The van der Waals surface area contributed by atoms with Gasteiger partial charge in [0.25, 0.3) is 0 Å². The minimum absolute atomic E-state index is 0.0850. The van der Waals surface area contributed by atoms with Crippen LogP contribution in [0.4, 0.5) is 0 Å². The summed E-state index contributed by atoms with van der Waals surface area (Å²) in [4.78, 5) is 0. The predicted octanol–water partition coefficient (Wildman–Crippen LogP) is 4.98. The zero-order valence-corrected chi connectivity index (χ0v) is 20.4. The first-order chi connectivity index (χ1) is 14.9. The molecule has 1 aromatic rings. The number of rotatable bonds is 12. The third kappa shape index (κ3) is 7.76. The molecule has 0 aliphatic carbocycles. The molecule has 0 radical (unpaired) electrons. The summed E-state index contributed by atoms with van der Waals surface area (Å²) in [6, 6.07) is 8.22. The quantitative estimate of drug-likeness (QED) is 0.482. The molecule has 0 saturated carbocycles. The smallest absolute Gasteiger partial charge is 0.119 e. The molecule has 176 valence electrons. The lowest BCUT2D eigenvalue weighted by Crippen LogP contribution is -2.53. The second-order valence-electron chi connectivity index (χ2n) is 8.66. The highest BCUT2D eigenvalue weighted by Gasteiger charge is 2.43. The fourth-order valence-corrected chi connectivity index (χ4v) is 4.77. The van der Waals surface area contributed by atoms with E-state index in [0.717, 1.165) is 23.6 Å². The number of methoxy groups -OCH3 is 2. The average molecular weight is 455 g/mol. The molecule has 4 atom stereocenters. The zero-order valence-electron chi connectivity index (χ0n) is 19.6. The van der Waals surface area contributed by atoms with Crippen LogP contribution in [0.25, 0.3) is 0 Å². The number of aliphatic hydroxyl groups is 1. The fourth-order valence-electron chi connectivity index (χ4n) is 4.60. The van der Waals surface area contributed by atoms with E-state index in [9.17, 15) is 5.11 Å². The lowest BCUT2D eigenvalue weighted by molar-refractivity contribution is -0.214. The molecule has 1 fully saturated rings. The SMILES string of the molecule is C/C=C(/Cl)C(Cc1ccc(OCC)cc1)CC(C)[C@H]1C[C@@H](O)CC(COC)(COC)O1. The van der Waals surface area contributed by atoms with E-state index < -0.39 is 11.7 Å². The van der Waals surface area contributed by atoms with Crippen LogP contribution in [0.2, 0.25) is 0 Å². The first-order valence-electron chi connectivity index (χ1n) is 11.2. The molecule has 1 N–H and O–H groups in total. The highest BCUT2D eigenvalue weighted by Crippen LogP contribution is 2.37. The lowest BCUT2D eigenvalue weighted by Gasteiger charge is -2.44. The molecule has 2 rings (SSSR count). The van der Waals surface area contributed by atoms with Crippen molar-refractivity contribution < 1.29 is 24.1 Å². The van der Waals surface area contributed by atoms with E-state index in [0.29, 0.717) is 32.7 Å². The second-order valence-corrected chi connectivity index (χ2v) is 9.10. The van der Waals surface area contributed by atoms with E-state index in [4.69, 9.17) is 30.5 Å². The highest BCUT2D eigenvalue weighted by atomic mass is 35.5. The molecule has 1 saturated heterocycles. The summed E-state index contributed by atoms with van der Waals surface area (Å²) in [5, 5.41) is 11.4. The van der Waals surface area contributed by atoms with Crippen molar-refractivity contribution in [3.05, 3.63) is 40.9 Å². The molecule has 0 bridgehead atoms. The summed E-state index contributed by atoms with van der Waals surface area (Å²) in [5.74, 6) is 1.27. The lowest BCUT2D eigenvalue weighted by atomic mass is 9.81. The average Bonchev–Trinajstić information content (AvgIpc) is 2.74. The van der Waals surface area contributed by atoms with Gasteiger partial charge in [-0.25, -0.2) is 0 Å². The van der Waals surface area contributed by atoms with E-state index in [1.807, 2.05) is 32.1 Å². The van der Waals surface area contributed by atoms with Gasteiger partial charge in [0.15, 0.2) is 0 Å². The van der Waals surface area contributed by atoms with E-state index in [1.54, 1.807) is 14.2 Å². The Balaban J connectivity index is 2.11. The van der Waals surface area contributed by atoms with Crippen LogP contribution in [0.1, 0.15) is 45.6 Å². The van der Waals surface area contributed by atoms with Gasteiger partial charge in [0, 0.05) is 25.7 Å². The van der Waals surface area contributed by atoms with Crippen LogP contribution in [-0.2, 0) is 20.6 Å². The van der Waals surface area contributed by atoms with Crippen LogP contribution in [0, 0.1) is 11.8 Å². The number of halogens is 1. The molecule has 0 spiro atoms. The zero-order chi connectivity index (χ0) is 22.9. The maximum absolute atomic E-state index is 10.6. The minimum Gasteiger partial charge on any atom is -0.494 e. The second kappa shape index (κ2) is 12.8. The molecule has 6 heteroatoms. The molecular weight excluding hydrogens is 416 g/mol. The van der Waals surface area contributed by atoms with Crippen LogP contribution in [0.3, 0.4) is 0 Å². The Morgan fingerprint density at radius 1 is 1.26 bits per heavy atom. The molecule has 1 aromatic carbocycles. The Labute approximate surface area is 192 Å². The predicted molar refractivity (Wildman–Crippen MR) is 125 cm³/mol. The highest BCUT2D eigenvalue weighted by molar-refractivity contribution is 6.29. The summed E-state index contributed by atoms with van der Waals surface area (Å²) in [5.41, 5.74) is 0.605. The summed E-state index contributed by atoms with van der Waals surface area (Å²) in [6.07, 6.45) is 4.29. The molecule has 5 nitrogen and oxygen atoms in total. The Morgan fingerprint density at radius 2 is 1.90 bits per heavy atom. The summed E-state index contributed by atoms with van der Waals surface area (Å²) in [7, 11) is 3.30. The molecule has 31 heavy (non-hydrogen) atoms. The number of aliphatic hydroxyl groups excluding tert-OH is 1. The number of hydrogen-bond donors (Lipinski definition) is 1. The Kier molecular flexibility index (Phi) is 10.8. The number of allylic oxidation sites excluding steroid dienone is 2. The number of benzene rings is 1. The van der Waals surface area contributed by atoms with Crippen molar-refractivity contribution in [2.45, 2.75) is 64.3 Å². The van der Waals surface area contributed by atoms with Gasteiger partial charge in [0.05, 0.1) is 32.0 Å². The first kappa shape index (κ1) is 26.1. The molecule has 0 amide bonds.